The van der Waals surface area contributed by atoms with E-state index in [0.29, 0.717) is 11.1 Å². The van der Waals surface area contributed by atoms with Crippen LogP contribution in [0.5, 0.6) is 17.2 Å². The number of benzene rings is 3. The van der Waals surface area contributed by atoms with Crippen LogP contribution in [0, 0.1) is 10.1 Å². The van der Waals surface area contributed by atoms with Crippen molar-refractivity contribution in [2.24, 2.45) is 4.99 Å². The maximum atomic E-state index is 13.3. The van der Waals surface area contributed by atoms with Gasteiger partial charge in [0.15, 0.2) is 11.5 Å². The van der Waals surface area contributed by atoms with Crippen molar-refractivity contribution in [2.75, 3.05) is 12.0 Å². The van der Waals surface area contributed by atoms with Crippen molar-refractivity contribution in [1.82, 2.24) is 0 Å². The highest BCUT2D eigenvalue weighted by Crippen LogP contribution is 2.36. The van der Waals surface area contributed by atoms with Crippen molar-refractivity contribution in [2.45, 2.75) is 0 Å². The van der Waals surface area contributed by atoms with Gasteiger partial charge < -0.3 is 14.9 Å². The van der Waals surface area contributed by atoms with Crippen LogP contribution >= 0.6 is 0 Å². The zero-order valence-corrected chi connectivity index (χ0v) is 16.8. The largest absolute Gasteiger partial charge is 0.505 e. The molecule has 0 saturated carbocycles. The van der Waals surface area contributed by atoms with Crippen LogP contribution in [-0.4, -0.2) is 34.0 Å². The van der Waals surface area contributed by atoms with Gasteiger partial charge in [-0.15, -0.1) is 0 Å². The molecule has 1 amide bonds. The Morgan fingerprint density at radius 3 is 2.44 bits per heavy atom. The zero-order valence-electron chi connectivity index (χ0n) is 16.8. The molecular formula is C23H17N3O6. The SMILES string of the molecule is COc1cc(/C=C2/N=C(c3ccccc3)N(c3ccc([N+](=O)[O-])cc3O)C2=O)ccc1O. The predicted octanol–water partition coefficient (Wildman–Crippen LogP) is 3.85. The number of carbonyl (C=O) groups excluding carboxylic acids is 1. The monoisotopic (exact) mass is 431 g/mol. The minimum absolute atomic E-state index is 0.0432. The summed E-state index contributed by atoms with van der Waals surface area (Å²) in [5, 5.41) is 31.3. The second-order valence-electron chi connectivity index (χ2n) is 6.83. The number of phenols is 2. The highest BCUT2D eigenvalue weighted by atomic mass is 16.6. The van der Waals surface area contributed by atoms with E-state index in [1.165, 1.54) is 36.3 Å². The van der Waals surface area contributed by atoms with E-state index in [1.54, 1.807) is 36.4 Å². The summed E-state index contributed by atoms with van der Waals surface area (Å²) >= 11 is 0. The Labute approximate surface area is 182 Å². The van der Waals surface area contributed by atoms with Gasteiger partial charge in [-0.2, -0.15) is 0 Å². The van der Waals surface area contributed by atoms with Gasteiger partial charge in [0.2, 0.25) is 0 Å². The summed E-state index contributed by atoms with van der Waals surface area (Å²) in [5.41, 5.74) is 1.02. The third-order valence-corrected chi connectivity index (χ3v) is 4.81. The number of hydrogen-bond acceptors (Lipinski definition) is 7. The molecule has 0 fully saturated rings. The van der Waals surface area contributed by atoms with E-state index in [9.17, 15) is 25.1 Å². The van der Waals surface area contributed by atoms with Gasteiger partial charge in [-0.25, -0.2) is 4.99 Å². The van der Waals surface area contributed by atoms with Crippen molar-refractivity contribution in [3.63, 3.8) is 0 Å². The molecule has 0 aromatic heterocycles. The third kappa shape index (κ3) is 3.74. The molecule has 0 atom stereocenters. The standard InChI is InChI=1S/C23H17N3O6/c1-32-21-12-14(7-10-19(21)27)11-17-23(29)25(22(24-17)15-5-3-2-4-6-15)18-9-8-16(26(30)31)13-20(18)28/h2-13,27-28H,1H3/b17-11+. The van der Waals surface area contributed by atoms with E-state index in [-0.39, 0.29) is 34.4 Å². The van der Waals surface area contributed by atoms with Crippen LogP contribution in [0.4, 0.5) is 11.4 Å². The number of rotatable bonds is 5. The number of nitrogens with zero attached hydrogens (tertiary/aromatic N) is 3. The van der Waals surface area contributed by atoms with Crippen molar-refractivity contribution in [1.29, 1.82) is 0 Å². The van der Waals surface area contributed by atoms with Gasteiger partial charge in [-0.3, -0.25) is 19.8 Å². The van der Waals surface area contributed by atoms with Crippen molar-refractivity contribution < 1.29 is 24.7 Å². The molecule has 3 aromatic rings. The summed E-state index contributed by atoms with van der Waals surface area (Å²) in [6.07, 6.45) is 1.52. The molecule has 0 aliphatic carbocycles. The zero-order chi connectivity index (χ0) is 22.8. The number of nitro benzene ring substituents is 1. The van der Waals surface area contributed by atoms with Gasteiger partial charge in [0.05, 0.1) is 23.8 Å². The summed E-state index contributed by atoms with van der Waals surface area (Å²) in [6, 6.07) is 17.0. The molecule has 9 nitrogen and oxygen atoms in total. The first kappa shape index (κ1) is 20.6. The lowest BCUT2D eigenvalue weighted by molar-refractivity contribution is -0.384. The summed E-state index contributed by atoms with van der Waals surface area (Å²) in [4.78, 5) is 29.4. The van der Waals surface area contributed by atoms with Crippen LogP contribution in [0.25, 0.3) is 6.08 Å². The fourth-order valence-corrected chi connectivity index (χ4v) is 3.28. The number of hydrogen-bond donors (Lipinski definition) is 2. The summed E-state index contributed by atoms with van der Waals surface area (Å²) < 4.78 is 5.11. The minimum atomic E-state index is -0.634. The first-order valence-corrected chi connectivity index (χ1v) is 9.43. The molecule has 2 N–H and O–H groups in total. The molecule has 0 bridgehead atoms. The fraction of sp³-hybridized carbons (Fsp3) is 0.0435. The number of carbonyl (C=O) groups is 1. The Morgan fingerprint density at radius 2 is 1.78 bits per heavy atom. The second kappa shape index (κ2) is 8.23. The number of phenolic OH excluding ortho intramolecular Hbond substituents is 2. The van der Waals surface area contributed by atoms with Crippen LogP contribution in [0.2, 0.25) is 0 Å². The van der Waals surface area contributed by atoms with Gasteiger partial charge >= 0.3 is 0 Å². The number of aliphatic imine (C=N–C) groups is 1. The van der Waals surface area contributed by atoms with E-state index in [2.05, 4.69) is 4.99 Å². The number of ether oxygens (including phenoxy) is 1. The second-order valence-corrected chi connectivity index (χ2v) is 6.83. The summed E-state index contributed by atoms with van der Waals surface area (Å²) in [6.45, 7) is 0. The first-order valence-electron chi connectivity index (χ1n) is 9.43. The average Bonchev–Trinajstić information content (AvgIpc) is 3.11. The number of non-ortho nitro benzene ring substituents is 1. The molecule has 160 valence electrons. The Kier molecular flexibility index (Phi) is 5.30. The normalized spacial score (nSPS) is 14.5. The van der Waals surface area contributed by atoms with Gasteiger partial charge in [0.25, 0.3) is 11.6 Å². The molecule has 1 heterocycles. The molecule has 0 unspecified atom stereocenters. The summed E-state index contributed by atoms with van der Waals surface area (Å²) in [7, 11) is 1.41. The quantitative estimate of drug-likeness (QED) is 0.359. The lowest BCUT2D eigenvalue weighted by Crippen LogP contribution is -2.32. The number of aromatic hydroxyl groups is 2. The van der Waals surface area contributed by atoms with E-state index in [0.717, 1.165) is 6.07 Å². The molecular weight excluding hydrogens is 414 g/mol. The maximum Gasteiger partial charge on any atom is 0.282 e. The number of amidine groups is 1. The Morgan fingerprint density at radius 1 is 1.03 bits per heavy atom. The van der Waals surface area contributed by atoms with Gasteiger partial charge in [-0.05, 0) is 29.8 Å². The highest BCUT2D eigenvalue weighted by molar-refractivity contribution is 6.33. The van der Waals surface area contributed by atoms with Gasteiger partial charge in [0.1, 0.15) is 17.3 Å². The van der Waals surface area contributed by atoms with Crippen LogP contribution in [0.1, 0.15) is 11.1 Å². The van der Waals surface area contributed by atoms with Gasteiger partial charge in [-0.1, -0.05) is 36.4 Å². The predicted molar refractivity (Wildman–Crippen MR) is 118 cm³/mol. The molecule has 1 aliphatic heterocycles. The molecule has 0 saturated heterocycles. The van der Waals surface area contributed by atoms with Crippen LogP contribution in [0.3, 0.4) is 0 Å². The lowest BCUT2D eigenvalue weighted by Gasteiger charge is -2.19. The van der Waals surface area contributed by atoms with Crippen molar-refractivity contribution in [3.05, 3.63) is 93.7 Å². The van der Waals surface area contributed by atoms with Crippen molar-refractivity contribution in [3.8, 4) is 17.2 Å². The highest BCUT2D eigenvalue weighted by Gasteiger charge is 2.34. The smallest absolute Gasteiger partial charge is 0.282 e. The van der Waals surface area contributed by atoms with E-state index < -0.39 is 16.6 Å². The number of methoxy groups -OCH3 is 1. The molecule has 3 aromatic carbocycles. The molecule has 0 radical (unpaired) electrons. The van der Waals surface area contributed by atoms with Crippen molar-refractivity contribution >= 4 is 29.2 Å². The first-order chi connectivity index (χ1) is 15.4. The Bertz CT molecular complexity index is 1280. The van der Waals surface area contributed by atoms with Gasteiger partial charge in [0, 0.05) is 11.6 Å². The van der Waals surface area contributed by atoms with E-state index in [4.69, 9.17) is 4.74 Å². The molecule has 4 rings (SSSR count). The van der Waals surface area contributed by atoms with E-state index in [1.807, 2.05) is 6.07 Å². The molecule has 1 aliphatic rings. The van der Waals surface area contributed by atoms with Crippen LogP contribution < -0.4 is 9.64 Å². The minimum Gasteiger partial charge on any atom is -0.505 e. The molecule has 32 heavy (non-hydrogen) atoms. The fourth-order valence-electron chi connectivity index (χ4n) is 3.28. The number of anilines is 1. The van der Waals surface area contributed by atoms with Crippen LogP contribution in [0.15, 0.2) is 77.4 Å². The number of amides is 1. The summed E-state index contributed by atoms with van der Waals surface area (Å²) in [5.74, 6) is -0.499. The molecule has 0 spiro atoms. The average molecular weight is 431 g/mol. The third-order valence-electron chi connectivity index (χ3n) is 4.81. The van der Waals surface area contributed by atoms with E-state index >= 15 is 0 Å². The maximum absolute atomic E-state index is 13.3. The lowest BCUT2D eigenvalue weighted by atomic mass is 10.1. The Balaban J connectivity index is 1.83. The molecule has 9 heteroatoms. The topological polar surface area (TPSA) is 126 Å². The number of nitro groups is 1. The Hall–Kier alpha value is -4.66. The van der Waals surface area contributed by atoms with Crippen LogP contribution in [-0.2, 0) is 4.79 Å².